The summed E-state index contributed by atoms with van der Waals surface area (Å²) in [5, 5.41) is 0. The predicted octanol–water partition coefficient (Wildman–Crippen LogP) is 2.83. The number of halogens is 1. The van der Waals surface area contributed by atoms with Crippen LogP contribution in [-0.4, -0.2) is 0 Å². The lowest BCUT2D eigenvalue weighted by Crippen LogP contribution is -1.85. The molecule has 0 saturated carbocycles. The Morgan fingerprint density at radius 2 is 1.33 bits per heavy atom. The zero-order chi connectivity index (χ0) is 5.98. The Kier molecular flexibility index (Phi) is 3.21. The Morgan fingerprint density at radius 1 is 1.00 bits per heavy atom. The molecule has 0 amide bonds. The molecule has 0 aromatic rings. The zero-order valence-electron chi connectivity index (χ0n) is 5.98. The van der Waals surface area contributed by atoms with Crippen molar-refractivity contribution in [3.8, 4) is 0 Å². The molecule has 0 nitrogen and oxygen atoms in total. The van der Waals surface area contributed by atoms with Crippen LogP contribution in [0.15, 0.2) is 23.3 Å². The van der Waals surface area contributed by atoms with Crippen molar-refractivity contribution in [2.45, 2.75) is 26.7 Å². The molecule has 0 saturated heterocycles. The Hall–Kier alpha value is -0.590. The first-order chi connectivity index (χ1) is 3.79. The minimum absolute atomic E-state index is 0. The molecule has 0 heterocycles. The Labute approximate surface area is 55.6 Å². The fourth-order valence-electron chi connectivity index (χ4n) is 0.846. The van der Waals surface area contributed by atoms with Crippen molar-refractivity contribution < 1.29 is 4.70 Å². The maximum atomic E-state index is 2.21. The maximum absolute atomic E-state index is 2.21. The van der Waals surface area contributed by atoms with Crippen LogP contribution in [0.5, 0.6) is 0 Å². The minimum Gasteiger partial charge on any atom is -0.269 e. The molecule has 0 radical (unpaired) electrons. The zero-order valence-corrected chi connectivity index (χ0v) is 5.98. The van der Waals surface area contributed by atoms with E-state index in [-0.39, 0.29) is 4.70 Å². The van der Waals surface area contributed by atoms with Crippen LogP contribution in [0.3, 0.4) is 0 Å². The average Bonchev–Trinajstić information content (AvgIpc) is 1.77. The van der Waals surface area contributed by atoms with Gasteiger partial charge in [-0.3, -0.25) is 4.70 Å². The van der Waals surface area contributed by atoms with Crippen molar-refractivity contribution in [2.75, 3.05) is 0 Å². The molecule has 52 valence electrons. The van der Waals surface area contributed by atoms with Crippen LogP contribution in [0.2, 0.25) is 0 Å². The normalized spacial score (nSPS) is 17.6. The summed E-state index contributed by atoms with van der Waals surface area (Å²) >= 11 is 0. The fraction of sp³-hybridized carbons (Fsp3) is 0.500. The van der Waals surface area contributed by atoms with Gasteiger partial charge >= 0.3 is 0 Å². The lowest BCUT2D eigenvalue weighted by Gasteiger charge is -2.05. The molecular formula is C8H13F. The third-order valence-electron chi connectivity index (χ3n) is 1.57. The second-order valence-electron chi connectivity index (χ2n) is 2.53. The van der Waals surface area contributed by atoms with Gasteiger partial charge in [-0.15, -0.1) is 0 Å². The van der Waals surface area contributed by atoms with Gasteiger partial charge in [0.2, 0.25) is 0 Å². The average molecular weight is 128 g/mol. The van der Waals surface area contributed by atoms with Crippen molar-refractivity contribution in [3.05, 3.63) is 23.3 Å². The maximum Gasteiger partial charge on any atom is -0.0283 e. The molecule has 1 rings (SSSR count). The van der Waals surface area contributed by atoms with Crippen molar-refractivity contribution in [2.24, 2.45) is 0 Å². The minimum atomic E-state index is 0. The molecular weight excluding hydrogens is 115 g/mol. The first-order valence-corrected chi connectivity index (χ1v) is 3.12. The van der Waals surface area contributed by atoms with Gasteiger partial charge < -0.3 is 0 Å². The summed E-state index contributed by atoms with van der Waals surface area (Å²) in [6, 6.07) is 0. The topological polar surface area (TPSA) is 0 Å². The van der Waals surface area contributed by atoms with Crippen LogP contribution < -0.4 is 0 Å². The van der Waals surface area contributed by atoms with Gasteiger partial charge in [-0.25, -0.2) is 0 Å². The van der Waals surface area contributed by atoms with Crippen molar-refractivity contribution >= 4 is 0 Å². The quantitative estimate of drug-likeness (QED) is 0.470. The van der Waals surface area contributed by atoms with E-state index in [1.807, 2.05) is 0 Å². The van der Waals surface area contributed by atoms with E-state index >= 15 is 0 Å². The molecule has 1 heteroatoms. The van der Waals surface area contributed by atoms with E-state index in [9.17, 15) is 0 Å². The SMILES string of the molecule is CC1=CC=C(C)CC1.F. The smallest absolute Gasteiger partial charge is 0.0283 e. The van der Waals surface area contributed by atoms with Gasteiger partial charge in [-0.1, -0.05) is 23.3 Å². The van der Waals surface area contributed by atoms with Gasteiger partial charge in [-0.2, -0.15) is 0 Å². The summed E-state index contributed by atoms with van der Waals surface area (Å²) in [6.45, 7) is 4.37. The van der Waals surface area contributed by atoms with Crippen LogP contribution in [0.1, 0.15) is 26.7 Å². The van der Waals surface area contributed by atoms with Gasteiger partial charge in [0.25, 0.3) is 0 Å². The molecule has 0 atom stereocenters. The molecule has 0 aliphatic heterocycles. The van der Waals surface area contributed by atoms with Crippen LogP contribution in [0.25, 0.3) is 0 Å². The Morgan fingerprint density at radius 3 is 1.56 bits per heavy atom. The number of rotatable bonds is 0. The third kappa shape index (κ3) is 2.45. The molecule has 0 bridgehead atoms. The molecule has 1 aliphatic carbocycles. The summed E-state index contributed by atoms with van der Waals surface area (Å²) in [5.41, 5.74) is 3.02. The van der Waals surface area contributed by atoms with E-state index in [4.69, 9.17) is 0 Å². The lowest BCUT2D eigenvalue weighted by atomic mass is 10.0. The monoisotopic (exact) mass is 128 g/mol. The van der Waals surface area contributed by atoms with Gasteiger partial charge in [0.1, 0.15) is 0 Å². The summed E-state index contributed by atoms with van der Waals surface area (Å²) in [5.74, 6) is 0. The highest BCUT2D eigenvalue weighted by atomic mass is 19.0. The van der Waals surface area contributed by atoms with Crippen LogP contribution >= 0.6 is 0 Å². The first-order valence-electron chi connectivity index (χ1n) is 3.12. The standard InChI is InChI=1S/C8H12.FH/c1-7-3-5-8(2)6-4-7;/h3,5H,4,6H2,1-2H3;1H. The van der Waals surface area contributed by atoms with E-state index < -0.39 is 0 Å². The van der Waals surface area contributed by atoms with Crippen LogP contribution in [-0.2, 0) is 0 Å². The van der Waals surface area contributed by atoms with E-state index in [2.05, 4.69) is 26.0 Å². The van der Waals surface area contributed by atoms with Crippen molar-refractivity contribution in [1.29, 1.82) is 0 Å². The molecule has 0 fully saturated rings. The fourth-order valence-corrected chi connectivity index (χ4v) is 0.846. The molecule has 1 aliphatic rings. The van der Waals surface area contributed by atoms with Gasteiger partial charge in [-0.05, 0) is 26.7 Å². The Bertz CT molecular complexity index is 125. The molecule has 0 aromatic heterocycles. The molecule has 0 N–H and O–H groups in total. The Balaban J connectivity index is 0.000000640. The van der Waals surface area contributed by atoms with Crippen LogP contribution in [0, 0.1) is 0 Å². The van der Waals surface area contributed by atoms with Gasteiger partial charge in [0.15, 0.2) is 0 Å². The van der Waals surface area contributed by atoms with E-state index in [0.717, 1.165) is 0 Å². The first kappa shape index (κ1) is 8.41. The molecule has 0 unspecified atom stereocenters. The van der Waals surface area contributed by atoms with Gasteiger partial charge in [0.05, 0.1) is 0 Å². The predicted molar refractivity (Wildman–Crippen MR) is 39.3 cm³/mol. The summed E-state index contributed by atoms with van der Waals surface area (Å²) in [7, 11) is 0. The van der Waals surface area contributed by atoms with E-state index in [1.54, 1.807) is 0 Å². The summed E-state index contributed by atoms with van der Waals surface area (Å²) in [4.78, 5) is 0. The highest BCUT2D eigenvalue weighted by Crippen LogP contribution is 2.15. The lowest BCUT2D eigenvalue weighted by molar-refractivity contribution is 0.906. The highest BCUT2D eigenvalue weighted by molar-refractivity contribution is 5.20. The van der Waals surface area contributed by atoms with E-state index in [1.165, 1.54) is 24.0 Å². The summed E-state index contributed by atoms with van der Waals surface area (Å²) in [6.07, 6.45) is 6.95. The second-order valence-corrected chi connectivity index (χ2v) is 2.53. The largest absolute Gasteiger partial charge is 0.269 e. The molecule has 9 heavy (non-hydrogen) atoms. The highest BCUT2D eigenvalue weighted by Gasteiger charge is 1.95. The van der Waals surface area contributed by atoms with Gasteiger partial charge in [0, 0.05) is 0 Å². The van der Waals surface area contributed by atoms with E-state index in [0.29, 0.717) is 0 Å². The number of hydrogen-bond donors (Lipinski definition) is 0. The molecule has 0 spiro atoms. The van der Waals surface area contributed by atoms with Crippen molar-refractivity contribution in [1.82, 2.24) is 0 Å². The number of allylic oxidation sites excluding steroid dienone is 4. The summed E-state index contributed by atoms with van der Waals surface area (Å²) < 4.78 is 0. The molecule has 0 aromatic carbocycles. The number of hydrogen-bond acceptors (Lipinski definition) is 0. The third-order valence-corrected chi connectivity index (χ3v) is 1.57. The van der Waals surface area contributed by atoms with Crippen molar-refractivity contribution in [3.63, 3.8) is 0 Å². The van der Waals surface area contributed by atoms with Crippen LogP contribution in [0.4, 0.5) is 4.70 Å². The second kappa shape index (κ2) is 3.44.